The van der Waals surface area contributed by atoms with Gasteiger partial charge in [0.2, 0.25) is 12.2 Å². The second-order valence-corrected chi connectivity index (χ2v) is 8.48. The van der Waals surface area contributed by atoms with Gasteiger partial charge >= 0.3 is 12.6 Å². The highest BCUT2D eigenvalue weighted by atomic mass is 35.5. The van der Waals surface area contributed by atoms with Gasteiger partial charge in [0.1, 0.15) is 0 Å². The standard InChI is InChI=1S/C23H27F2N3O7.ClH/c1-12(26)20-19(22(30)28-7-8-31-18(10-28)33-13(2)29)27-21(35-20)15-5-6-16(34-23(24)25)17(9-15)32-11-14-3-4-14;/h5-6,9,12,14,18,23H,3-4,7-8,10-11,26H2,1-2H3;1H/t12-,18?;/m0./s1. The predicted octanol–water partition coefficient (Wildman–Crippen LogP) is 3.53. The van der Waals surface area contributed by atoms with Crippen LogP contribution >= 0.6 is 12.4 Å². The number of nitrogens with zero attached hydrogens (tertiary/aromatic N) is 2. The molecule has 1 aromatic carbocycles. The number of carbonyl (C=O) groups is 2. The molecule has 2 aromatic rings. The summed E-state index contributed by atoms with van der Waals surface area (Å²) in [6.07, 6.45) is 1.16. The molecule has 1 aliphatic carbocycles. The Morgan fingerprint density at radius 1 is 1.28 bits per heavy atom. The van der Waals surface area contributed by atoms with E-state index in [0.717, 1.165) is 12.8 Å². The molecule has 0 bridgehead atoms. The van der Waals surface area contributed by atoms with E-state index >= 15 is 0 Å². The Kier molecular flexibility index (Phi) is 9.09. The molecule has 1 unspecified atom stereocenters. The summed E-state index contributed by atoms with van der Waals surface area (Å²) in [5.74, 6) is -0.346. The summed E-state index contributed by atoms with van der Waals surface area (Å²) < 4.78 is 52.2. The molecule has 0 spiro atoms. The maximum absolute atomic E-state index is 13.3. The van der Waals surface area contributed by atoms with Crippen molar-refractivity contribution in [3.63, 3.8) is 0 Å². The highest BCUT2D eigenvalue weighted by Gasteiger charge is 2.32. The van der Waals surface area contributed by atoms with E-state index in [1.165, 1.54) is 30.0 Å². The van der Waals surface area contributed by atoms with Crippen molar-refractivity contribution in [3.05, 3.63) is 29.7 Å². The third kappa shape index (κ3) is 6.83. The van der Waals surface area contributed by atoms with Crippen molar-refractivity contribution in [1.29, 1.82) is 0 Å². The summed E-state index contributed by atoms with van der Waals surface area (Å²) >= 11 is 0. The Bertz CT molecular complexity index is 1080. The molecule has 1 aromatic heterocycles. The van der Waals surface area contributed by atoms with E-state index in [2.05, 4.69) is 9.72 Å². The largest absolute Gasteiger partial charge is 0.489 e. The van der Waals surface area contributed by atoms with Gasteiger partial charge in [0, 0.05) is 19.0 Å². The van der Waals surface area contributed by atoms with E-state index in [1.54, 1.807) is 6.92 Å². The molecule has 1 saturated heterocycles. The van der Waals surface area contributed by atoms with Gasteiger partial charge in [-0.05, 0) is 43.9 Å². The monoisotopic (exact) mass is 531 g/mol. The highest BCUT2D eigenvalue weighted by Crippen LogP contribution is 2.37. The predicted molar refractivity (Wildman–Crippen MR) is 124 cm³/mol. The first-order valence-electron chi connectivity index (χ1n) is 11.3. The molecule has 13 heteroatoms. The number of carbonyl (C=O) groups excluding carboxylic acids is 2. The number of oxazole rings is 1. The van der Waals surface area contributed by atoms with Crippen molar-refractivity contribution in [2.75, 3.05) is 26.3 Å². The average Bonchev–Trinajstić information content (AvgIpc) is 3.52. The van der Waals surface area contributed by atoms with Crippen molar-refractivity contribution in [3.8, 4) is 23.0 Å². The molecule has 2 atom stereocenters. The summed E-state index contributed by atoms with van der Waals surface area (Å²) in [5, 5.41) is 0. The van der Waals surface area contributed by atoms with Gasteiger partial charge in [-0.25, -0.2) is 4.98 Å². The lowest BCUT2D eigenvalue weighted by Gasteiger charge is -2.31. The van der Waals surface area contributed by atoms with E-state index < -0.39 is 30.8 Å². The molecule has 198 valence electrons. The quantitative estimate of drug-likeness (QED) is 0.483. The van der Waals surface area contributed by atoms with Gasteiger partial charge in [0.25, 0.3) is 5.91 Å². The van der Waals surface area contributed by atoms with E-state index in [0.29, 0.717) is 18.1 Å². The number of ether oxygens (including phenoxy) is 4. The van der Waals surface area contributed by atoms with Crippen LogP contribution in [0.1, 0.15) is 49.0 Å². The van der Waals surface area contributed by atoms with Gasteiger partial charge in [0.15, 0.2) is 23.0 Å². The lowest BCUT2D eigenvalue weighted by Crippen LogP contribution is -2.47. The van der Waals surface area contributed by atoms with Crippen LogP contribution in [0.15, 0.2) is 22.6 Å². The Hall–Kier alpha value is -2.96. The molecule has 0 radical (unpaired) electrons. The lowest BCUT2D eigenvalue weighted by molar-refractivity contribution is -0.188. The molecule has 1 amide bonds. The summed E-state index contributed by atoms with van der Waals surface area (Å²) in [4.78, 5) is 30.3. The van der Waals surface area contributed by atoms with Crippen LogP contribution in [0.2, 0.25) is 0 Å². The second-order valence-electron chi connectivity index (χ2n) is 8.48. The fraction of sp³-hybridized carbons (Fsp3) is 0.522. The summed E-state index contributed by atoms with van der Waals surface area (Å²) in [5.41, 5.74) is 6.44. The number of rotatable bonds is 9. The van der Waals surface area contributed by atoms with E-state index in [-0.39, 0.29) is 60.9 Å². The molecule has 1 aliphatic heterocycles. The SMILES string of the molecule is CC(=O)OC1CN(C(=O)c2nc(-c3ccc(OC(F)F)c(OCC4CC4)c3)oc2[C@H](C)N)CCO1.Cl. The lowest BCUT2D eigenvalue weighted by atomic mass is 10.2. The Morgan fingerprint density at radius 2 is 2.03 bits per heavy atom. The zero-order chi connectivity index (χ0) is 25.1. The maximum Gasteiger partial charge on any atom is 0.387 e. The number of esters is 1. The average molecular weight is 532 g/mol. The Morgan fingerprint density at radius 3 is 2.67 bits per heavy atom. The van der Waals surface area contributed by atoms with Gasteiger partial charge < -0.3 is 34.0 Å². The number of amides is 1. The maximum atomic E-state index is 13.3. The zero-order valence-corrected chi connectivity index (χ0v) is 20.6. The number of nitrogens with two attached hydrogens (primary N) is 1. The molecule has 2 fully saturated rings. The fourth-order valence-electron chi connectivity index (χ4n) is 3.57. The second kappa shape index (κ2) is 11.8. The molecule has 10 nitrogen and oxygen atoms in total. The van der Waals surface area contributed by atoms with Gasteiger partial charge in [-0.15, -0.1) is 12.4 Å². The van der Waals surface area contributed by atoms with Crippen LogP contribution in [0.3, 0.4) is 0 Å². The van der Waals surface area contributed by atoms with Crippen LogP contribution in [0.5, 0.6) is 11.5 Å². The van der Waals surface area contributed by atoms with Gasteiger partial charge in [-0.3, -0.25) is 9.59 Å². The van der Waals surface area contributed by atoms with Crippen LogP contribution in [0, 0.1) is 5.92 Å². The number of hydrogen-bond acceptors (Lipinski definition) is 9. The van der Waals surface area contributed by atoms with Crippen LogP contribution < -0.4 is 15.2 Å². The van der Waals surface area contributed by atoms with Crippen molar-refractivity contribution in [2.45, 2.75) is 45.6 Å². The topological polar surface area (TPSA) is 126 Å². The van der Waals surface area contributed by atoms with Crippen LogP contribution in [0.4, 0.5) is 8.78 Å². The molecule has 2 heterocycles. The minimum Gasteiger partial charge on any atom is -0.489 e. The van der Waals surface area contributed by atoms with Crippen LogP contribution in [-0.2, 0) is 14.3 Å². The number of alkyl halides is 2. The zero-order valence-electron chi connectivity index (χ0n) is 19.8. The summed E-state index contributed by atoms with van der Waals surface area (Å²) in [7, 11) is 0. The normalized spacial score (nSPS) is 18.4. The van der Waals surface area contributed by atoms with Crippen molar-refractivity contribution in [1.82, 2.24) is 9.88 Å². The van der Waals surface area contributed by atoms with Crippen molar-refractivity contribution >= 4 is 24.3 Å². The Labute approximate surface area is 212 Å². The number of morpholine rings is 1. The number of hydrogen-bond donors (Lipinski definition) is 1. The molecule has 1 saturated carbocycles. The van der Waals surface area contributed by atoms with E-state index in [1.807, 2.05) is 0 Å². The first-order valence-corrected chi connectivity index (χ1v) is 11.3. The van der Waals surface area contributed by atoms with Crippen LogP contribution in [0.25, 0.3) is 11.5 Å². The van der Waals surface area contributed by atoms with E-state index in [9.17, 15) is 18.4 Å². The molecule has 2 aliphatic rings. The number of halogens is 3. The van der Waals surface area contributed by atoms with Gasteiger partial charge in [0.05, 0.1) is 25.8 Å². The molecule has 4 rings (SSSR count). The molecular formula is C23H28ClF2N3O7. The molecule has 2 N–H and O–H groups in total. The third-order valence-corrected chi connectivity index (χ3v) is 5.47. The first kappa shape index (κ1) is 27.6. The first-order chi connectivity index (χ1) is 16.7. The minimum atomic E-state index is -3.01. The molecule has 36 heavy (non-hydrogen) atoms. The molecular weight excluding hydrogens is 504 g/mol. The van der Waals surface area contributed by atoms with E-state index in [4.69, 9.17) is 24.4 Å². The van der Waals surface area contributed by atoms with Crippen molar-refractivity contribution in [2.24, 2.45) is 11.7 Å². The number of aromatic nitrogens is 1. The number of benzene rings is 1. The summed E-state index contributed by atoms with van der Waals surface area (Å²) in [6, 6.07) is 3.65. The smallest absolute Gasteiger partial charge is 0.387 e. The van der Waals surface area contributed by atoms with Gasteiger partial charge in [-0.1, -0.05) is 0 Å². The Balaban J connectivity index is 0.00000361. The van der Waals surface area contributed by atoms with Crippen LogP contribution in [-0.4, -0.2) is 61.0 Å². The highest BCUT2D eigenvalue weighted by molar-refractivity contribution is 5.94. The minimum absolute atomic E-state index is 0. The van der Waals surface area contributed by atoms with Crippen molar-refractivity contribution < 1.29 is 41.7 Å². The summed E-state index contributed by atoms with van der Waals surface area (Å²) in [6.45, 7) is 0.727. The third-order valence-electron chi connectivity index (χ3n) is 5.47. The van der Waals surface area contributed by atoms with Gasteiger partial charge in [-0.2, -0.15) is 8.78 Å². The fourth-order valence-corrected chi connectivity index (χ4v) is 3.57.